The molecule has 8 heteroatoms. The van der Waals surface area contributed by atoms with Gasteiger partial charge in [-0.15, -0.1) is 10.2 Å². The molecule has 6 nitrogen and oxygen atoms in total. The molecule has 0 amide bonds. The van der Waals surface area contributed by atoms with E-state index < -0.39 is 23.3 Å². The smallest absolute Gasteiger partial charge is 0.206 e. The molecule has 0 fully saturated rings. The minimum absolute atomic E-state index is 0.217. The van der Waals surface area contributed by atoms with Crippen LogP contribution in [0.3, 0.4) is 0 Å². The van der Waals surface area contributed by atoms with E-state index in [1.165, 1.54) is 6.07 Å². The Hall–Kier alpha value is -2.74. The van der Waals surface area contributed by atoms with Crippen LogP contribution in [0.4, 0.5) is 8.78 Å². The molecule has 1 N–H and O–H groups in total. The van der Waals surface area contributed by atoms with Crippen LogP contribution in [0.5, 0.6) is 0 Å². The molecule has 0 saturated heterocycles. The first-order valence-electron chi connectivity index (χ1n) is 6.45. The molecule has 0 aliphatic heterocycles. The average molecular weight is 303 g/mol. The molecular formula is C14H11F2N5O. The maximum Gasteiger partial charge on any atom is 0.206 e. The van der Waals surface area contributed by atoms with Crippen LogP contribution in [0.2, 0.25) is 0 Å². The quantitative estimate of drug-likeness (QED) is 0.794. The summed E-state index contributed by atoms with van der Waals surface area (Å²) in [4.78, 5) is 5.02. The molecular weight excluding hydrogens is 292 g/mol. The van der Waals surface area contributed by atoms with Gasteiger partial charge >= 0.3 is 0 Å². The average Bonchev–Trinajstić information content (AvgIpc) is 2.96. The number of halogens is 2. The fourth-order valence-corrected chi connectivity index (χ4v) is 2.01. The minimum atomic E-state index is -1.42. The third kappa shape index (κ3) is 2.82. The monoisotopic (exact) mass is 303 g/mol. The van der Waals surface area contributed by atoms with E-state index in [9.17, 15) is 13.9 Å². The molecule has 22 heavy (non-hydrogen) atoms. The number of aliphatic hydroxyl groups excluding tert-OH is 1. The number of rotatable bonds is 4. The fourth-order valence-electron chi connectivity index (χ4n) is 2.01. The summed E-state index contributed by atoms with van der Waals surface area (Å²) in [6.07, 6.45) is 1.75. The van der Waals surface area contributed by atoms with Crippen LogP contribution in [-0.2, 0) is 6.54 Å². The van der Waals surface area contributed by atoms with Crippen LogP contribution in [0.15, 0.2) is 42.7 Å². The minimum Gasteiger partial charge on any atom is -0.386 e. The number of hydrogen-bond donors (Lipinski definition) is 1. The number of tetrazole rings is 1. The number of hydrogen-bond acceptors (Lipinski definition) is 5. The highest BCUT2D eigenvalue weighted by Gasteiger charge is 2.19. The van der Waals surface area contributed by atoms with Gasteiger partial charge < -0.3 is 5.11 Å². The van der Waals surface area contributed by atoms with E-state index in [1.54, 1.807) is 24.5 Å². The van der Waals surface area contributed by atoms with Crippen molar-refractivity contribution in [3.8, 4) is 11.4 Å². The lowest BCUT2D eigenvalue weighted by atomic mass is 10.1. The van der Waals surface area contributed by atoms with E-state index in [1.807, 2.05) is 0 Å². The van der Waals surface area contributed by atoms with Crippen molar-refractivity contribution < 1.29 is 13.9 Å². The summed E-state index contributed by atoms with van der Waals surface area (Å²) in [5.41, 5.74) is 0.239. The first-order valence-corrected chi connectivity index (χ1v) is 6.45. The second kappa shape index (κ2) is 5.94. The fraction of sp³-hybridized carbons (Fsp3) is 0.143. The van der Waals surface area contributed by atoms with Gasteiger partial charge in [-0.3, -0.25) is 4.98 Å². The lowest BCUT2D eigenvalue weighted by Crippen LogP contribution is -2.14. The van der Waals surface area contributed by atoms with Crippen molar-refractivity contribution in [2.45, 2.75) is 12.6 Å². The van der Waals surface area contributed by atoms with Crippen LogP contribution in [-0.4, -0.2) is 30.3 Å². The van der Waals surface area contributed by atoms with E-state index in [4.69, 9.17) is 0 Å². The van der Waals surface area contributed by atoms with Crippen molar-refractivity contribution in [3.05, 3.63) is 59.9 Å². The summed E-state index contributed by atoms with van der Waals surface area (Å²) in [5.74, 6) is -1.32. The third-order valence-corrected chi connectivity index (χ3v) is 3.04. The van der Waals surface area contributed by atoms with Crippen LogP contribution in [0.1, 0.15) is 11.7 Å². The standard InChI is InChI=1S/C14H11F2N5O/c15-10-4-1-5-11(16)13(10)12(22)8-21-19-14(18-20-21)9-3-2-6-17-7-9/h1-7,12,22H,8H2. The molecule has 1 unspecified atom stereocenters. The first-order chi connectivity index (χ1) is 10.6. The molecule has 3 rings (SSSR count). The molecule has 1 atom stereocenters. The summed E-state index contributed by atoms with van der Waals surface area (Å²) in [5, 5.41) is 21.6. The Morgan fingerprint density at radius 2 is 1.91 bits per heavy atom. The molecule has 0 saturated carbocycles. The maximum absolute atomic E-state index is 13.6. The second-order valence-corrected chi connectivity index (χ2v) is 4.56. The maximum atomic E-state index is 13.6. The van der Waals surface area contributed by atoms with Gasteiger partial charge in [0.1, 0.15) is 17.7 Å². The zero-order valence-corrected chi connectivity index (χ0v) is 11.3. The van der Waals surface area contributed by atoms with Crippen LogP contribution in [0.25, 0.3) is 11.4 Å². The molecule has 112 valence electrons. The Labute approximate surface area is 124 Å². The first kappa shape index (κ1) is 14.2. The van der Waals surface area contributed by atoms with Crippen LogP contribution >= 0.6 is 0 Å². The molecule has 0 bridgehead atoms. The van der Waals surface area contributed by atoms with E-state index >= 15 is 0 Å². The van der Waals surface area contributed by atoms with Crippen molar-refractivity contribution in [3.63, 3.8) is 0 Å². The van der Waals surface area contributed by atoms with Gasteiger partial charge in [-0.05, 0) is 29.5 Å². The Balaban J connectivity index is 1.81. The zero-order chi connectivity index (χ0) is 15.5. The number of nitrogens with zero attached hydrogens (tertiary/aromatic N) is 5. The summed E-state index contributed by atoms with van der Waals surface area (Å²) in [7, 11) is 0. The Morgan fingerprint density at radius 1 is 1.14 bits per heavy atom. The molecule has 2 heterocycles. The highest BCUT2D eigenvalue weighted by Crippen LogP contribution is 2.21. The summed E-state index contributed by atoms with van der Waals surface area (Å²) >= 11 is 0. The highest BCUT2D eigenvalue weighted by molar-refractivity contribution is 5.51. The second-order valence-electron chi connectivity index (χ2n) is 4.56. The molecule has 0 aliphatic carbocycles. The normalized spacial score (nSPS) is 12.3. The predicted octanol–water partition coefficient (Wildman–Crippen LogP) is 1.75. The van der Waals surface area contributed by atoms with Crippen molar-refractivity contribution in [1.82, 2.24) is 25.2 Å². The Bertz CT molecular complexity index is 758. The molecule has 2 aromatic heterocycles. The van der Waals surface area contributed by atoms with Gasteiger partial charge in [0.15, 0.2) is 0 Å². The van der Waals surface area contributed by atoms with Crippen molar-refractivity contribution >= 4 is 0 Å². The van der Waals surface area contributed by atoms with E-state index in [-0.39, 0.29) is 6.54 Å². The van der Waals surface area contributed by atoms with Gasteiger partial charge in [-0.2, -0.15) is 4.80 Å². The highest BCUT2D eigenvalue weighted by atomic mass is 19.1. The molecule has 0 spiro atoms. The van der Waals surface area contributed by atoms with Crippen molar-refractivity contribution in [2.75, 3.05) is 0 Å². The summed E-state index contributed by atoms with van der Waals surface area (Å²) < 4.78 is 27.2. The van der Waals surface area contributed by atoms with E-state index in [0.29, 0.717) is 11.4 Å². The van der Waals surface area contributed by atoms with Gasteiger partial charge in [0.2, 0.25) is 5.82 Å². The summed E-state index contributed by atoms with van der Waals surface area (Å²) in [6, 6.07) is 6.87. The van der Waals surface area contributed by atoms with E-state index in [0.717, 1.165) is 16.9 Å². The van der Waals surface area contributed by atoms with Gasteiger partial charge in [0, 0.05) is 18.0 Å². The number of aromatic nitrogens is 5. The molecule has 1 aromatic carbocycles. The predicted molar refractivity (Wildman–Crippen MR) is 72.4 cm³/mol. The zero-order valence-electron chi connectivity index (χ0n) is 11.3. The number of benzene rings is 1. The van der Waals surface area contributed by atoms with Crippen LogP contribution < -0.4 is 0 Å². The number of pyridine rings is 1. The van der Waals surface area contributed by atoms with E-state index in [2.05, 4.69) is 20.4 Å². The summed E-state index contributed by atoms with van der Waals surface area (Å²) in [6.45, 7) is -0.217. The molecule has 0 radical (unpaired) electrons. The van der Waals surface area contributed by atoms with Crippen LogP contribution in [0, 0.1) is 11.6 Å². The largest absolute Gasteiger partial charge is 0.386 e. The van der Waals surface area contributed by atoms with Gasteiger partial charge in [0.05, 0.1) is 12.1 Å². The topological polar surface area (TPSA) is 76.7 Å². The van der Waals surface area contributed by atoms with Crippen molar-refractivity contribution in [2.24, 2.45) is 0 Å². The van der Waals surface area contributed by atoms with Gasteiger partial charge in [0.25, 0.3) is 0 Å². The number of aliphatic hydroxyl groups is 1. The van der Waals surface area contributed by atoms with Gasteiger partial charge in [-0.25, -0.2) is 8.78 Å². The SMILES string of the molecule is OC(Cn1nnc(-c2cccnc2)n1)c1c(F)cccc1F. The third-order valence-electron chi connectivity index (χ3n) is 3.04. The molecule has 3 aromatic rings. The molecule has 0 aliphatic rings. The lowest BCUT2D eigenvalue weighted by Gasteiger charge is -2.11. The Morgan fingerprint density at radius 3 is 2.59 bits per heavy atom. The Kier molecular flexibility index (Phi) is 3.84. The van der Waals surface area contributed by atoms with Crippen molar-refractivity contribution in [1.29, 1.82) is 0 Å². The van der Waals surface area contributed by atoms with Gasteiger partial charge in [-0.1, -0.05) is 6.07 Å². The lowest BCUT2D eigenvalue weighted by molar-refractivity contribution is 0.136.